The van der Waals surface area contributed by atoms with Gasteiger partial charge < -0.3 is 15.4 Å². The van der Waals surface area contributed by atoms with Gasteiger partial charge in [0.2, 0.25) is 0 Å². The lowest BCUT2D eigenvalue weighted by Crippen LogP contribution is -2.44. The Kier molecular flexibility index (Phi) is 4.94. The fourth-order valence-corrected chi connectivity index (χ4v) is 4.69. The number of pyridine rings is 1. The van der Waals surface area contributed by atoms with Crippen molar-refractivity contribution in [2.24, 2.45) is 0 Å². The molecule has 1 spiro atoms. The largest absolute Gasteiger partial charge is 0.382 e. The van der Waals surface area contributed by atoms with Crippen LogP contribution in [-0.4, -0.2) is 40.2 Å². The second-order valence-corrected chi connectivity index (χ2v) is 8.26. The Hall–Kier alpha value is -1.57. The van der Waals surface area contributed by atoms with E-state index < -0.39 is 0 Å². The minimum absolute atomic E-state index is 0.118. The summed E-state index contributed by atoms with van der Waals surface area (Å²) in [6, 6.07) is 1.84. The summed E-state index contributed by atoms with van der Waals surface area (Å²) in [7, 11) is 0. The number of rotatable bonds is 3. The molecule has 0 unspecified atom stereocenters. The molecule has 0 bridgehead atoms. The Bertz CT molecular complexity index is 802. The van der Waals surface area contributed by atoms with E-state index in [4.69, 9.17) is 27.1 Å². The zero-order chi connectivity index (χ0) is 18.1. The predicted molar refractivity (Wildman–Crippen MR) is 104 cm³/mol. The fraction of sp³-hybridized carbons (Fsp3) is 0.500. The molecule has 4 heterocycles. The number of hydrogen-bond donors (Lipinski definition) is 1. The maximum Gasteiger partial charge on any atom is 0.147 e. The van der Waals surface area contributed by atoms with Gasteiger partial charge in [0.15, 0.2) is 0 Å². The highest BCUT2D eigenvalue weighted by molar-refractivity contribution is 7.99. The number of nitrogen functional groups attached to an aromatic ring is 1. The van der Waals surface area contributed by atoms with Crippen LogP contribution in [0.25, 0.3) is 0 Å². The van der Waals surface area contributed by atoms with E-state index in [1.807, 2.05) is 19.2 Å². The molecule has 138 valence electrons. The molecular formula is C18H22ClN5OS. The molecule has 26 heavy (non-hydrogen) atoms. The second-order valence-electron chi connectivity index (χ2n) is 6.85. The van der Waals surface area contributed by atoms with Crippen LogP contribution in [0.4, 0.5) is 11.6 Å². The maximum absolute atomic E-state index is 6.23. The van der Waals surface area contributed by atoms with Gasteiger partial charge in [0, 0.05) is 30.8 Å². The molecule has 0 aliphatic carbocycles. The van der Waals surface area contributed by atoms with E-state index >= 15 is 0 Å². The van der Waals surface area contributed by atoms with Crippen molar-refractivity contribution >= 4 is 35.0 Å². The number of ether oxygens (including phenoxy) is 1. The first-order chi connectivity index (χ1) is 12.6. The number of aryl methyl sites for hydroxylation is 1. The van der Waals surface area contributed by atoms with Crippen molar-refractivity contribution < 1.29 is 4.74 Å². The normalized spacial score (nSPS) is 19.2. The summed E-state index contributed by atoms with van der Waals surface area (Å²) in [6.45, 7) is 4.82. The van der Waals surface area contributed by atoms with Gasteiger partial charge in [-0.25, -0.2) is 15.0 Å². The topological polar surface area (TPSA) is 77.2 Å². The van der Waals surface area contributed by atoms with Crippen LogP contribution >= 0.6 is 23.4 Å². The molecule has 0 amide bonds. The summed E-state index contributed by atoms with van der Waals surface area (Å²) in [5.74, 6) is 1.26. The van der Waals surface area contributed by atoms with Crippen molar-refractivity contribution in [2.45, 2.75) is 48.1 Å². The zero-order valence-electron chi connectivity index (χ0n) is 14.7. The van der Waals surface area contributed by atoms with Gasteiger partial charge in [-0.15, -0.1) is 0 Å². The average Bonchev–Trinajstić information content (AvgIpc) is 3.09. The van der Waals surface area contributed by atoms with Crippen LogP contribution in [0.1, 0.15) is 31.4 Å². The summed E-state index contributed by atoms with van der Waals surface area (Å²) in [5, 5.41) is 1.29. The van der Waals surface area contributed by atoms with E-state index in [-0.39, 0.29) is 5.60 Å². The third kappa shape index (κ3) is 3.48. The standard InChI is InChI=1S/C18H22ClN5OS/c1-12-17(26-13-3-7-21-16(20)15(13)19)22-11-14(23-12)24-8-5-18(6-9-24)4-2-10-25-18/h3,7,11H,2,4-6,8-10H2,1H3,(H2,20,21). The number of nitrogens with zero attached hydrogens (tertiary/aromatic N) is 4. The van der Waals surface area contributed by atoms with E-state index in [2.05, 4.69) is 14.9 Å². The van der Waals surface area contributed by atoms with Crippen molar-refractivity contribution in [3.63, 3.8) is 0 Å². The molecule has 2 aromatic rings. The second kappa shape index (κ2) is 7.21. The highest BCUT2D eigenvalue weighted by atomic mass is 35.5. The van der Waals surface area contributed by atoms with Crippen LogP contribution < -0.4 is 10.6 Å². The smallest absolute Gasteiger partial charge is 0.147 e. The Morgan fingerprint density at radius 3 is 2.77 bits per heavy atom. The molecular weight excluding hydrogens is 370 g/mol. The number of hydrogen-bond acceptors (Lipinski definition) is 7. The molecule has 4 rings (SSSR count). The summed E-state index contributed by atoms with van der Waals surface area (Å²) in [6.07, 6.45) is 8.01. The molecule has 2 aliphatic rings. The highest BCUT2D eigenvalue weighted by Gasteiger charge is 2.38. The van der Waals surface area contributed by atoms with Crippen LogP contribution in [0.2, 0.25) is 5.02 Å². The quantitative estimate of drug-likeness (QED) is 0.854. The molecule has 2 N–H and O–H groups in total. The lowest BCUT2D eigenvalue weighted by molar-refractivity contribution is -0.0147. The summed E-state index contributed by atoms with van der Waals surface area (Å²) in [5.41, 5.74) is 6.78. The van der Waals surface area contributed by atoms with E-state index in [9.17, 15) is 0 Å². The number of nitrogens with two attached hydrogens (primary N) is 1. The Labute approximate surface area is 162 Å². The zero-order valence-corrected chi connectivity index (χ0v) is 16.3. The molecule has 2 saturated heterocycles. The lowest BCUT2D eigenvalue weighted by atomic mass is 9.89. The molecule has 0 aromatic carbocycles. The molecule has 0 saturated carbocycles. The van der Waals surface area contributed by atoms with Gasteiger partial charge in [0.1, 0.15) is 16.7 Å². The van der Waals surface area contributed by atoms with E-state index in [0.717, 1.165) is 54.0 Å². The molecule has 0 radical (unpaired) electrons. The summed E-state index contributed by atoms with van der Waals surface area (Å²) < 4.78 is 6.00. The van der Waals surface area contributed by atoms with Gasteiger partial charge in [-0.05, 0) is 38.7 Å². The van der Waals surface area contributed by atoms with Crippen molar-refractivity contribution in [1.82, 2.24) is 15.0 Å². The fourth-order valence-electron chi connectivity index (χ4n) is 3.63. The monoisotopic (exact) mass is 391 g/mol. The minimum atomic E-state index is 0.118. The number of piperidine rings is 1. The number of aromatic nitrogens is 3. The number of halogens is 1. The Morgan fingerprint density at radius 1 is 1.27 bits per heavy atom. The van der Waals surface area contributed by atoms with Gasteiger partial charge in [-0.1, -0.05) is 23.4 Å². The molecule has 8 heteroatoms. The molecule has 2 aromatic heterocycles. The third-order valence-electron chi connectivity index (χ3n) is 5.16. The lowest BCUT2D eigenvalue weighted by Gasteiger charge is -2.39. The third-order valence-corrected chi connectivity index (χ3v) is 6.82. The average molecular weight is 392 g/mol. The van der Waals surface area contributed by atoms with Crippen molar-refractivity contribution in [3.8, 4) is 0 Å². The highest BCUT2D eigenvalue weighted by Crippen LogP contribution is 2.38. The Morgan fingerprint density at radius 2 is 2.08 bits per heavy atom. The summed E-state index contributed by atoms with van der Waals surface area (Å²) in [4.78, 5) is 16.5. The number of anilines is 2. The van der Waals surface area contributed by atoms with Gasteiger partial charge in [-0.2, -0.15) is 0 Å². The first-order valence-electron chi connectivity index (χ1n) is 8.87. The van der Waals surface area contributed by atoms with Crippen LogP contribution in [0.3, 0.4) is 0 Å². The van der Waals surface area contributed by atoms with Crippen LogP contribution in [0.5, 0.6) is 0 Å². The Balaban J connectivity index is 1.47. The van der Waals surface area contributed by atoms with Crippen molar-refractivity contribution in [2.75, 3.05) is 30.3 Å². The first kappa shape index (κ1) is 17.8. The molecule has 2 fully saturated rings. The van der Waals surface area contributed by atoms with Crippen molar-refractivity contribution in [1.29, 1.82) is 0 Å². The van der Waals surface area contributed by atoms with E-state index in [1.54, 1.807) is 6.20 Å². The molecule has 2 aliphatic heterocycles. The van der Waals surface area contributed by atoms with Crippen LogP contribution in [0.15, 0.2) is 28.4 Å². The SMILES string of the molecule is Cc1nc(N2CCC3(CCCO3)CC2)cnc1Sc1ccnc(N)c1Cl. The van der Waals surface area contributed by atoms with Crippen LogP contribution in [-0.2, 0) is 4.74 Å². The maximum atomic E-state index is 6.23. The first-order valence-corrected chi connectivity index (χ1v) is 10.1. The van der Waals surface area contributed by atoms with Gasteiger partial charge >= 0.3 is 0 Å². The van der Waals surface area contributed by atoms with Crippen LogP contribution in [0, 0.1) is 6.92 Å². The predicted octanol–water partition coefficient (Wildman–Crippen LogP) is 3.72. The minimum Gasteiger partial charge on any atom is -0.382 e. The van der Waals surface area contributed by atoms with E-state index in [0.29, 0.717) is 10.8 Å². The molecule has 0 atom stereocenters. The van der Waals surface area contributed by atoms with Gasteiger partial charge in [0.25, 0.3) is 0 Å². The summed E-state index contributed by atoms with van der Waals surface area (Å²) >= 11 is 7.69. The van der Waals surface area contributed by atoms with Gasteiger partial charge in [0.05, 0.1) is 22.5 Å². The molecule has 6 nitrogen and oxygen atoms in total. The van der Waals surface area contributed by atoms with E-state index in [1.165, 1.54) is 24.6 Å². The van der Waals surface area contributed by atoms with Crippen molar-refractivity contribution in [3.05, 3.63) is 29.2 Å². The van der Waals surface area contributed by atoms with Gasteiger partial charge in [-0.3, -0.25) is 0 Å².